The summed E-state index contributed by atoms with van der Waals surface area (Å²) in [6, 6.07) is 12.4. The Morgan fingerprint density at radius 3 is 2.65 bits per heavy atom. The molecular weight excluding hydrogens is 294 g/mol. The standard InChI is InChI=1S/C13H13N3O2S2/c1-15-20(17,18)13-5-3-2-4-12(13)16-9-11-7-6-10(8-14)19-11/h2-7,15-16H,9H2,1H3. The minimum atomic E-state index is -3.49. The number of para-hydroxylation sites is 1. The maximum Gasteiger partial charge on any atom is 0.242 e. The molecule has 5 nitrogen and oxygen atoms in total. The molecule has 0 amide bonds. The maximum absolute atomic E-state index is 11.9. The second kappa shape index (κ2) is 6.05. The minimum absolute atomic E-state index is 0.208. The molecule has 0 spiro atoms. The Balaban J connectivity index is 2.20. The Kier molecular flexibility index (Phi) is 4.39. The third-order valence-electron chi connectivity index (χ3n) is 2.67. The summed E-state index contributed by atoms with van der Waals surface area (Å²) in [7, 11) is -2.11. The molecular formula is C13H13N3O2S2. The van der Waals surface area contributed by atoms with Gasteiger partial charge in [0.05, 0.1) is 5.69 Å². The van der Waals surface area contributed by atoms with Gasteiger partial charge in [0, 0.05) is 11.4 Å². The van der Waals surface area contributed by atoms with Crippen molar-refractivity contribution < 1.29 is 8.42 Å². The number of nitrogens with zero attached hydrogens (tertiary/aromatic N) is 1. The molecule has 2 N–H and O–H groups in total. The molecule has 7 heteroatoms. The quantitative estimate of drug-likeness (QED) is 0.886. The first-order valence-corrected chi connectivity index (χ1v) is 8.12. The highest BCUT2D eigenvalue weighted by molar-refractivity contribution is 7.89. The van der Waals surface area contributed by atoms with Crippen molar-refractivity contribution in [3.05, 3.63) is 46.2 Å². The van der Waals surface area contributed by atoms with Crippen LogP contribution in [0.25, 0.3) is 0 Å². The molecule has 104 valence electrons. The first kappa shape index (κ1) is 14.5. The monoisotopic (exact) mass is 307 g/mol. The zero-order chi connectivity index (χ0) is 14.6. The second-order valence-corrected chi connectivity index (χ2v) is 6.96. The van der Waals surface area contributed by atoms with Crippen LogP contribution in [0.5, 0.6) is 0 Å². The third kappa shape index (κ3) is 3.17. The van der Waals surface area contributed by atoms with Crippen LogP contribution in [-0.2, 0) is 16.6 Å². The van der Waals surface area contributed by atoms with Gasteiger partial charge >= 0.3 is 0 Å². The Morgan fingerprint density at radius 1 is 1.25 bits per heavy atom. The number of nitriles is 1. The van der Waals surface area contributed by atoms with Crippen LogP contribution in [0.4, 0.5) is 5.69 Å². The topological polar surface area (TPSA) is 82.0 Å². The van der Waals surface area contributed by atoms with Gasteiger partial charge in [0.1, 0.15) is 15.8 Å². The first-order chi connectivity index (χ1) is 9.56. The van der Waals surface area contributed by atoms with Crippen molar-refractivity contribution in [3.8, 4) is 6.07 Å². The fourth-order valence-corrected chi connectivity index (χ4v) is 3.32. The number of sulfonamides is 1. The lowest BCUT2D eigenvalue weighted by molar-refractivity contribution is 0.588. The molecule has 0 saturated heterocycles. The largest absolute Gasteiger partial charge is 0.379 e. The van der Waals surface area contributed by atoms with Gasteiger partial charge in [0.25, 0.3) is 0 Å². The number of anilines is 1. The zero-order valence-corrected chi connectivity index (χ0v) is 12.4. The van der Waals surface area contributed by atoms with E-state index in [9.17, 15) is 8.42 Å². The maximum atomic E-state index is 11.9. The van der Waals surface area contributed by atoms with Gasteiger partial charge in [-0.25, -0.2) is 13.1 Å². The van der Waals surface area contributed by atoms with Crippen LogP contribution in [-0.4, -0.2) is 15.5 Å². The lowest BCUT2D eigenvalue weighted by atomic mass is 10.3. The molecule has 0 radical (unpaired) electrons. The highest BCUT2D eigenvalue weighted by Crippen LogP contribution is 2.22. The van der Waals surface area contributed by atoms with E-state index in [1.807, 2.05) is 6.07 Å². The number of hydrogen-bond acceptors (Lipinski definition) is 5. The van der Waals surface area contributed by atoms with E-state index >= 15 is 0 Å². The molecule has 0 atom stereocenters. The van der Waals surface area contributed by atoms with E-state index in [-0.39, 0.29) is 4.90 Å². The molecule has 0 bridgehead atoms. The Hall–Kier alpha value is -1.88. The predicted octanol–water partition coefficient (Wildman–Crippen LogP) is 2.14. The summed E-state index contributed by atoms with van der Waals surface area (Å²) < 4.78 is 26.1. The number of hydrogen-bond donors (Lipinski definition) is 2. The van der Waals surface area contributed by atoms with Crippen LogP contribution in [0.15, 0.2) is 41.3 Å². The molecule has 20 heavy (non-hydrogen) atoms. The average Bonchev–Trinajstić information content (AvgIpc) is 2.93. The summed E-state index contributed by atoms with van der Waals surface area (Å²) in [5, 5.41) is 11.9. The fourth-order valence-electron chi connectivity index (χ4n) is 1.67. The normalized spacial score (nSPS) is 11.0. The van der Waals surface area contributed by atoms with E-state index in [0.29, 0.717) is 17.1 Å². The zero-order valence-electron chi connectivity index (χ0n) is 10.8. The molecule has 0 aliphatic heterocycles. The lowest BCUT2D eigenvalue weighted by Gasteiger charge is -2.11. The Bertz CT molecular complexity index is 745. The van der Waals surface area contributed by atoms with Gasteiger partial charge in [-0.2, -0.15) is 5.26 Å². The van der Waals surface area contributed by atoms with Gasteiger partial charge in [-0.15, -0.1) is 11.3 Å². The van der Waals surface area contributed by atoms with Crippen molar-refractivity contribution in [1.29, 1.82) is 5.26 Å². The molecule has 0 aliphatic rings. The second-order valence-electron chi connectivity index (χ2n) is 3.94. The van der Waals surface area contributed by atoms with Gasteiger partial charge in [-0.3, -0.25) is 0 Å². The molecule has 0 fully saturated rings. The minimum Gasteiger partial charge on any atom is -0.379 e. The van der Waals surface area contributed by atoms with Crippen LogP contribution < -0.4 is 10.0 Å². The Morgan fingerprint density at radius 2 is 2.00 bits per heavy atom. The molecule has 0 unspecified atom stereocenters. The highest BCUT2D eigenvalue weighted by Gasteiger charge is 2.15. The fraction of sp³-hybridized carbons (Fsp3) is 0.154. The third-order valence-corrected chi connectivity index (χ3v) is 5.13. The van der Waals surface area contributed by atoms with Crippen LogP contribution >= 0.6 is 11.3 Å². The van der Waals surface area contributed by atoms with Crippen molar-refractivity contribution in [2.45, 2.75) is 11.4 Å². The summed E-state index contributed by atoms with van der Waals surface area (Å²) in [4.78, 5) is 1.82. The average molecular weight is 307 g/mol. The lowest BCUT2D eigenvalue weighted by Crippen LogP contribution is -2.20. The van der Waals surface area contributed by atoms with E-state index in [1.165, 1.54) is 18.4 Å². The van der Waals surface area contributed by atoms with Crippen molar-refractivity contribution in [2.24, 2.45) is 0 Å². The first-order valence-electron chi connectivity index (χ1n) is 5.82. The van der Waals surface area contributed by atoms with E-state index in [4.69, 9.17) is 5.26 Å². The molecule has 0 saturated carbocycles. The van der Waals surface area contributed by atoms with Gasteiger partial charge in [-0.05, 0) is 31.3 Å². The van der Waals surface area contributed by atoms with Crippen molar-refractivity contribution in [3.63, 3.8) is 0 Å². The van der Waals surface area contributed by atoms with E-state index < -0.39 is 10.0 Å². The van der Waals surface area contributed by atoms with Gasteiger partial charge in [-0.1, -0.05) is 12.1 Å². The molecule has 1 aromatic heterocycles. The van der Waals surface area contributed by atoms with E-state index in [0.717, 1.165) is 4.88 Å². The smallest absolute Gasteiger partial charge is 0.242 e. The molecule has 0 aliphatic carbocycles. The van der Waals surface area contributed by atoms with E-state index in [1.54, 1.807) is 30.3 Å². The summed E-state index contributed by atoms with van der Waals surface area (Å²) in [6.45, 7) is 0.475. The van der Waals surface area contributed by atoms with Gasteiger partial charge < -0.3 is 5.32 Å². The van der Waals surface area contributed by atoms with Crippen molar-refractivity contribution in [2.75, 3.05) is 12.4 Å². The molecule has 2 rings (SSSR count). The van der Waals surface area contributed by atoms with Crippen LogP contribution in [0.1, 0.15) is 9.75 Å². The number of nitrogens with one attached hydrogen (secondary N) is 2. The van der Waals surface area contributed by atoms with Crippen molar-refractivity contribution in [1.82, 2.24) is 4.72 Å². The van der Waals surface area contributed by atoms with Crippen molar-refractivity contribution >= 4 is 27.0 Å². The summed E-state index contributed by atoms with van der Waals surface area (Å²) in [6.07, 6.45) is 0. The van der Waals surface area contributed by atoms with E-state index in [2.05, 4.69) is 16.1 Å². The summed E-state index contributed by atoms with van der Waals surface area (Å²) in [5.41, 5.74) is 0.536. The number of rotatable bonds is 5. The predicted molar refractivity (Wildman–Crippen MR) is 79.0 cm³/mol. The summed E-state index contributed by atoms with van der Waals surface area (Å²) in [5.74, 6) is 0. The van der Waals surface area contributed by atoms with Gasteiger partial charge in [0.2, 0.25) is 10.0 Å². The van der Waals surface area contributed by atoms with Crippen LogP contribution in [0, 0.1) is 11.3 Å². The highest BCUT2D eigenvalue weighted by atomic mass is 32.2. The Labute approximate surface area is 121 Å². The number of benzene rings is 1. The molecule has 1 heterocycles. The van der Waals surface area contributed by atoms with Gasteiger partial charge in [0.15, 0.2) is 0 Å². The summed E-state index contributed by atoms with van der Waals surface area (Å²) >= 11 is 1.38. The SMILES string of the molecule is CNS(=O)(=O)c1ccccc1NCc1ccc(C#N)s1. The molecule has 2 aromatic rings. The molecule has 1 aromatic carbocycles. The van der Waals surface area contributed by atoms with Crippen LogP contribution in [0.3, 0.4) is 0 Å². The van der Waals surface area contributed by atoms with Crippen LogP contribution in [0.2, 0.25) is 0 Å². The number of thiophene rings is 1.